The topological polar surface area (TPSA) is 106 Å². The molecule has 1 amide bonds. The number of hydrogen-bond donors (Lipinski definition) is 2. The molecule has 0 bridgehead atoms. The molecule has 0 spiro atoms. The van der Waals surface area contributed by atoms with Crippen LogP contribution in [0.2, 0.25) is 0 Å². The summed E-state index contributed by atoms with van der Waals surface area (Å²) in [5, 5.41) is 16.1. The number of nitrogens with zero attached hydrogens (tertiary/aromatic N) is 3. The number of aromatic nitrogens is 2. The van der Waals surface area contributed by atoms with Gasteiger partial charge in [-0.05, 0) is 32.9 Å². The quantitative estimate of drug-likeness (QED) is 0.839. The van der Waals surface area contributed by atoms with Crippen molar-refractivity contribution in [2.75, 3.05) is 12.3 Å². The van der Waals surface area contributed by atoms with Crippen LogP contribution in [0.25, 0.3) is 11.1 Å². The van der Waals surface area contributed by atoms with E-state index in [0.717, 1.165) is 11.1 Å². The van der Waals surface area contributed by atoms with Gasteiger partial charge in [0, 0.05) is 29.6 Å². The van der Waals surface area contributed by atoms with Gasteiger partial charge in [0.2, 0.25) is 0 Å². The Bertz CT molecular complexity index is 768. The molecule has 0 saturated carbocycles. The SMILES string of the molecule is CC(C)(C)OC(=O)NCCn1cc(-c2ccc(N)cc2C#N)cn1. The van der Waals surface area contributed by atoms with Crippen LogP contribution in [0, 0.1) is 11.3 Å². The van der Waals surface area contributed by atoms with Crippen LogP contribution in [0.4, 0.5) is 10.5 Å². The second-order valence-electron chi connectivity index (χ2n) is 6.34. The highest BCUT2D eigenvalue weighted by Gasteiger charge is 2.15. The fourth-order valence-corrected chi connectivity index (χ4v) is 2.12. The first-order valence-corrected chi connectivity index (χ1v) is 7.58. The van der Waals surface area contributed by atoms with Crippen LogP contribution in [0.15, 0.2) is 30.6 Å². The summed E-state index contributed by atoms with van der Waals surface area (Å²) >= 11 is 0. The Morgan fingerprint density at radius 3 is 2.88 bits per heavy atom. The van der Waals surface area contributed by atoms with Crippen LogP contribution < -0.4 is 11.1 Å². The summed E-state index contributed by atoms with van der Waals surface area (Å²) in [4.78, 5) is 11.6. The van der Waals surface area contributed by atoms with Crippen molar-refractivity contribution in [2.45, 2.75) is 32.9 Å². The zero-order valence-electron chi connectivity index (χ0n) is 14.0. The molecule has 0 saturated heterocycles. The lowest BCUT2D eigenvalue weighted by Crippen LogP contribution is -2.34. The van der Waals surface area contributed by atoms with E-state index >= 15 is 0 Å². The summed E-state index contributed by atoms with van der Waals surface area (Å²) in [6.07, 6.45) is 3.04. The van der Waals surface area contributed by atoms with Gasteiger partial charge in [0.05, 0.1) is 24.4 Å². The highest BCUT2D eigenvalue weighted by atomic mass is 16.6. The fourth-order valence-electron chi connectivity index (χ4n) is 2.12. The lowest BCUT2D eigenvalue weighted by Gasteiger charge is -2.19. The number of alkyl carbamates (subject to hydrolysis) is 1. The van der Waals surface area contributed by atoms with Crippen LogP contribution in [0.5, 0.6) is 0 Å². The average molecular weight is 327 g/mol. The number of carbonyl (C=O) groups is 1. The van der Waals surface area contributed by atoms with Gasteiger partial charge >= 0.3 is 6.09 Å². The minimum atomic E-state index is -0.522. The molecule has 1 aromatic carbocycles. The molecular formula is C17H21N5O2. The molecule has 2 rings (SSSR count). The van der Waals surface area contributed by atoms with Crippen molar-refractivity contribution in [1.82, 2.24) is 15.1 Å². The summed E-state index contributed by atoms with van der Waals surface area (Å²) in [6.45, 7) is 6.32. The number of hydrogen-bond acceptors (Lipinski definition) is 5. The Kier molecular flexibility index (Phi) is 5.09. The van der Waals surface area contributed by atoms with Gasteiger partial charge in [-0.25, -0.2) is 4.79 Å². The van der Waals surface area contributed by atoms with E-state index in [2.05, 4.69) is 16.5 Å². The lowest BCUT2D eigenvalue weighted by atomic mass is 10.0. The first kappa shape index (κ1) is 17.3. The van der Waals surface area contributed by atoms with E-state index in [0.29, 0.717) is 24.3 Å². The number of anilines is 1. The maximum absolute atomic E-state index is 11.6. The number of nitrogens with one attached hydrogen (secondary N) is 1. The van der Waals surface area contributed by atoms with Crippen LogP contribution >= 0.6 is 0 Å². The van der Waals surface area contributed by atoms with E-state index in [1.165, 1.54) is 0 Å². The average Bonchev–Trinajstić information content (AvgIpc) is 2.93. The van der Waals surface area contributed by atoms with Crippen molar-refractivity contribution < 1.29 is 9.53 Å². The minimum Gasteiger partial charge on any atom is -0.444 e. The highest BCUT2D eigenvalue weighted by Crippen LogP contribution is 2.24. The summed E-state index contributed by atoms with van der Waals surface area (Å²) in [6, 6.07) is 7.32. The van der Waals surface area contributed by atoms with Crippen LogP contribution in [0.1, 0.15) is 26.3 Å². The molecule has 0 aliphatic carbocycles. The normalized spacial score (nSPS) is 10.9. The van der Waals surface area contributed by atoms with Crippen molar-refractivity contribution in [3.8, 4) is 17.2 Å². The molecule has 24 heavy (non-hydrogen) atoms. The molecule has 3 N–H and O–H groups in total. The Labute approximate surface area is 141 Å². The molecule has 0 radical (unpaired) electrons. The van der Waals surface area contributed by atoms with Crippen molar-refractivity contribution in [1.29, 1.82) is 5.26 Å². The monoisotopic (exact) mass is 327 g/mol. The maximum Gasteiger partial charge on any atom is 0.407 e. The van der Waals surface area contributed by atoms with E-state index in [1.54, 1.807) is 29.1 Å². The van der Waals surface area contributed by atoms with Crippen LogP contribution in [-0.2, 0) is 11.3 Å². The van der Waals surface area contributed by atoms with Crippen LogP contribution in [0.3, 0.4) is 0 Å². The number of ether oxygens (including phenoxy) is 1. The first-order valence-electron chi connectivity index (χ1n) is 7.58. The van der Waals surface area contributed by atoms with Gasteiger partial charge in [-0.15, -0.1) is 0 Å². The Morgan fingerprint density at radius 1 is 1.46 bits per heavy atom. The summed E-state index contributed by atoms with van der Waals surface area (Å²) in [7, 11) is 0. The number of nitrogens with two attached hydrogens (primary N) is 1. The molecule has 0 unspecified atom stereocenters. The standard InChI is InChI=1S/C17H21N5O2/c1-17(2,3)24-16(23)20-6-7-22-11-13(10-21-22)15-5-4-14(19)8-12(15)9-18/h4-5,8,10-11H,6-7,19H2,1-3H3,(H,20,23). The number of nitrogen functional groups attached to an aromatic ring is 1. The number of amides is 1. The zero-order valence-corrected chi connectivity index (χ0v) is 14.0. The molecule has 0 aliphatic rings. The fraction of sp³-hybridized carbons (Fsp3) is 0.353. The minimum absolute atomic E-state index is 0.392. The van der Waals surface area contributed by atoms with Crippen molar-refractivity contribution >= 4 is 11.8 Å². The molecule has 0 aliphatic heterocycles. The van der Waals surface area contributed by atoms with Gasteiger partial charge in [-0.2, -0.15) is 10.4 Å². The number of nitriles is 1. The van der Waals surface area contributed by atoms with Crippen molar-refractivity contribution in [3.05, 3.63) is 36.2 Å². The number of rotatable bonds is 4. The third kappa shape index (κ3) is 4.74. The molecule has 7 nitrogen and oxygen atoms in total. The number of carbonyl (C=O) groups excluding carboxylic acids is 1. The first-order chi connectivity index (χ1) is 11.3. The summed E-state index contributed by atoms with van der Waals surface area (Å²) < 4.78 is 6.86. The molecule has 126 valence electrons. The second kappa shape index (κ2) is 7.04. The van der Waals surface area contributed by atoms with Gasteiger partial charge in [-0.1, -0.05) is 6.07 Å². The number of benzene rings is 1. The summed E-state index contributed by atoms with van der Waals surface area (Å²) in [5.41, 5.74) is 7.82. The molecule has 0 atom stereocenters. The van der Waals surface area contributed by atoms with E-state index in [-0.39, 0.29) is 0 Å². The van der Waals surface area contributed by atoms with Gasteiger partial charge in [0.15, 0.2) is 0 Å². The van der Waals surface area contributed by atoms with Gasteiger partial charge in [-0.3, -0.25) is 4.68 Å². The van der Waals surface area contributed by atoms with Crippen molar-refractivity contribution in [2.24, 2.45) is 0 Å². The van der Waals surface area contributed by atoms with E-state index in [1.807, 2.05) is 27.0 Å². The maximum atomic E-state index is 11.6. The highest BCUT2D eigenvalue weighted by molar-refractivity contribution is 5.72. The summed E-state index contributed by atoms with van der Waals surface area (Å²) in [5.74, 6) is 0. The van der Waals surface area contributed by atoms with E-state index < -0.39 is 11.7 Å². The second-order valence-corrected chi connectivity index (χ2v) is 6.34. The molecule has 1 heterocycles. The third-order valence-electron chi connectivity index (χ3n) is 3.12. The lowest BCUT2D eigenvalue weighted by molar-refractivity contribution is 0.0525. The van der Waals surface area contributed by atoms with Crippen LogP contribution in [-0.4, -0.2) is 28.0 Å². The zero-order chi connectivity index (χ0) is 17.7. The Balaban J connectivity index is 1.97. The van der Waals surface area contributed by atoms with E-state index in [4.69, 9.17) is 10.5 Å². The Morgan fingerprint density at radius 2 is 2.21 bits per heavy atom. The van der Waals surface area contributed by atoms with Crippen molar-refractivity contribution in [3.63, 3.8) is 0 Å². The molecule has 0 fully saturated rings. The molecule has 2 aromatic rings. The Hall–Kier alpha value is -3.01. The van der Waals surface area contributed by atoms with Gasteiger partial charge in [0.25, 0.3) is 0 Å². The van der Waals surface area contributed by atoms with Gasteiger partial charge in [0.1, 0.15) is 5.60 Å². The smallest absolute Gasteiger partial charge is 0.407 e. The molecule has 7 heteroatoms. The molecular weight excluding hydrogens is 306 g/mol. The molecule has 1 aromatic heterocycles. The largest absolute Gasteiger partial charge is 0.444 e. The van der Waals surface area contributed by atoms with Gasteiger partial charge < -0.3 is 15.8 Å². The predicted molar refractivity (Wildman–Crippen MR) is 91.0 cm³/mol. The third-order valence-corrected chi connectivity index (χ3v) is 3.12. The van der Waals surface area contributed by atoms with E-state index in [9.17, 15) is 10.1 Å². The predicted octanol–water partition coefficient (Wildman–Crippen LogP) is 2.53.